The van der Waals surface area contributed by atoms with Gasteiger partial charge in [-0.25, -0.2) is 8.78 Å². The summed E-state index contributed by atoms with van der Waals surface area (Å²) in [5, 5.41) is 0. The van der Waals surface area contributed by atoms with Crippen molar-refractivity contribution in [2.24, 2.45) is 5.73 Å². The van der Waals surface area contributed by atoms with E-state index in [9.17, 15) is 13.6 Å². The summed E-state index contributed by atoms with van der Waals surface area (Å²) in [6.07, 6.45) is 0. The predicted molar refractivity (Wildman–Crippen MR) is 69.5 cm³/mol. The van der Waals surface area contributed by atoms with E-state index < -0.39 is 23.1 Å². The summed E-state index contributed by atoms with van der Waals surface area (Å²) in [6.45, 7) is 3.41. The highest BCUT2D eigenvalue weighted by atomic mass is 32.1. The molecule has 0 bridgehead atoms. The Balaban J connectivity index is 3.17. The topological polar surface area (TPSA) is 46.3 Å². The Morgan fingerprint density at radius 1 is 1.44 bits per heavy atom. The van der Waals surface area contributed by atoms with Gasteiger partial charge in [0.25, 0.3) is 5.91 Å². The molecular weight excluding hydrogens is 258 g/mol. The van der Waals surface area contributed by atoms with E-state index >= 15 is 0 Å². The molecule has 0 heterocycles. The van der Waals surface area contributed by atoms with E-state index in [0.29, 0.717) is 0 Å². The van der Waals surface area contributed by atoms with Gasteiger partial charge in [-0.05, 0) is 25.5 Å². The molecule has 6 heteroatoms. The Labute approximate surface area is 110 Å². The lowest BCUT2D eigenvalue weighted by Gasteiger charge is -2.21. The third-order valence-corrected chi connectivity index (χ3v) is 2.64. The number of aryl methyl sites for hydroxylation is 1. The molecule has 0 unspecified atom stereocenters. The van der Waals surface area contributed by atoms with E-state index in [4.69, 9.17) is 18.0 Å². The van der Waals surface area contributed by atoms with Gasteiger partial charge < -0.3 is 10.6 Å². The van der Waals surface area contributed by atoms with Crippen molar-refractivity contribution < 1.29 is 13.6 Å². The van der Waals surface area contributed by atoms with Crippen LogP contribution in [0.2, 0.25) is 0 Å². The summed E-state index contributed by atoms with van der Waals surface area (Å²) >= 11 is 4.70. The molecule has 1 aromatic carbocycles. The average Bonchev–Trinajstić information content (AvgIpc) is 2.31. The average molecular weight is 272 g/mol. The van der Waals surface area contributed by atoms with Gasteiger partial charge in [-0.15, -0.1) is 0 Å². The fourth-order valence-electron chi connectivity index (χ4n) is 1.53. The van der Waals surface area contributed by atoms with Gasteiger partial charge >= 0.3 is 0 Å². The number of nitrogens with two attached hydrogens (primary N) is 1. The SMILES string of the molecule is CCN(CC(N)=S)C(=O)c1c(F)ccc(C)c1F. The van der Waals surface area contributed by atoms with Gasteiger partial charge in [-0.1, -0.05) is 18.3 Å². The molecule has 1 aromatic rings. The molecule has 0 aromatic heterocycles. The summed E-state index contributed by atoms with van der Waals surface area (Å²) in [5.41, 5.74) is 4.99. The molecule has 1 amide bonds. The molecule has 98 valence electrons. The summed E-state index contributed by atoms with van der Waals surface area (Å²) in [7, 11) is 0. The van der Waals surface area contributed by atoms with Crippen molar-refractivity contribution in [3.05, 3.63) is 34.9 Å². The molecule has 0 spiro atoms. The van der Waals surface area contributed by atoms with Gasteiger partial charge in [0, 0.05) is 6.54 Å². The number of carbonyl (C=O) groups excluding carboxylic acids is 1. The normalized spacial score (nSPS) is 10.2. The molecule has 18 heavy (non-hydrogen) atoms. The van der Waals surface area contributed by atoms with Crippen LogP contribution in [-0.4, -0.2) is 28.9 Å². The van der Waals surface area contributed by atoms with Crippen LogP contribution < -0.4 is 5.73 Å². The van der Waals surface area contributed by atoms with Crippen LogP contribution >= 0.6 is 12.2 Å². The summed E-state index contributed by atoms with van der Waals surface area (Å²) in [4.78, 5) is 13.3. The number of hydrogen-bond acceptors (Lipinski definition) is 2. The lowest BCUT2D eigenvalue weighted by molar-refractivity contribution is 0.0778. The zero-order valence-corrected chi connectivity index (χ0v) is 11.0. The third kappa shape index (κ3) is 3.01. The fraction of sp³-hybridized carbons (Fsp3) is 0.333. The highest BCUT2D eigenvalue weighted by Gasteiger charge is 2.23. The van der Waals surface area contributed by atoms with Gasteiger partial charge in [0.1, 0.15) is 17.2 Å². The van der Waals surface area contributed by atoms with E-state index in [0.717, 1.165) is 6.07 Å². The van der Waals surface area contributed by atoms with Crippen molar-refractivity contribution in [2.75, 3.05) is 13.1 Å². The second-order valence-corrected chi connectivity index (χ2v) is 4.36. The van der Waals surface area contributed by atoms with Crippen LogP contribution in [0.4, 0.5) is 8.78 Å². The fourth-order valence-corrected chi connectivity index (χ4v) is 1.68. The standard InChI is InChI=1S/C12H14F2N2OS/c1-3-16(6-9(15)18)12(17)10-8(13)5-4-7(2)11(10)14/h4-5H,3,6H2,1-2H3,(H2,15,18). The molecule has 3 nitrogen and oxygen atoms in total. The minimum absolute atomic E-state index is 0.00249. The van der Waals surface area contributed by atoms with Crippen LogP contribution in [0.1, 0.15) is 22.8 Å². The van der Waals surface area contributed by atoms with Crippen molar-refractivity contribution in [2.45, 2.75) is 13.8 Å². The molecule has 0 radical (unpaired) electrons. The predicted octanol–water partition coefficient (Wildman–Crippen LogP) is 2.02. The Hall–Kier alpha value is -1.56. The van der Waals surface area contributed by atoms with Crippen molar-refractivity contribution in [3.8, 4) is 0 Å². The monoisotopic (exact) mass is 272 g/mol. The van der Waals surface area contributed by atoms with E-state index in [1.165, 1.54) is 17.9 Å². The minimum Gasteiger partial charge on any atom is -0.392 e. The number of amides is 1. The molecule has 1 rings (SSSR count). The number of carbonyl (C=O) groups is 1. The molecule has 0 saturated heterocycles. The van der Waals surface area contributed by atoms with Crippen LogP contribution in [0.5, 0.6) is 0 Å². The molecule has 0 atom stereocenters. The summed E-state index contributed by atoms with van der Waals surface area (Å²) < 4.78 is 27.4. The maximum Gasteiger partial charge on any atom is 0.260 e. The third-order valence-electron chi connectivity index (χ3n) is 2.51. The van der Waals surface area contributed by atoms with Crippen LogP contribution in [0.25, 0.3) is 0 Å². The number of hydrogen-bond donors (Lipinski definition) is 1. The minimum atomic E-state index is -0.885. The zero-order chi connectivity index (χ0) is 13.9. The Morgan fingerprint density at radius 3 is 2.56 bits per heavy atom. The van der Waals surface area contributed by atoms with Crippen molar-refractivity contribution in [3.63, 3.8) is 0 Å². The van der Waals surface area contributed by atoms with Gasteiger partial charge in [0.15, 0.2) is 0 Å². The van der Waals surface area contributed by atoms with E-state index in [-0.39, 0.29) is 23.6 Å². The maximum absolute atomic E-state index is 13.8. The van der Waals surface area contributed by atoms with Crippen LogP contribution in [-0.2, 0) is 0 Å². The first kappa shape index (κ1) is 14.5. The van der Waals surface area contributed by atoms with Gasteiger partial charge in [-0.2, -0.15) is 0 Å². The highest BCUT2D eigenvalue weighted by molar-refractivity contribution is 7.80. The second kappa shape index (κ2) is 5.86. The maximum atomic E-state index is 13.8. The molecule has 0 aliphatic carbocycles. The van der Waals surface area contributed by atoms with Crippen molar-refractivity contribution >= 4 is 23.1 Å². The molecular formula is C12H14F2N2OS. The molecule has 0 aliphatic heterocycles. The van der Waals surface area contributed by atoms with Crippen LogP contribution in [0, 0.1) is 18.6 Å². The van der Waals surface area contributed by atoms with Gasteiger partial charge in [0.2, 0.25) is 0 Å². The number of rotatable bonds is 4. The van der Waals surface area contributed by atoms with Gasteiger partial charge in [0.05, 0.1) is 11.5 Å². The van der Waals surface area contributed by atoms with Crippen molar-refractivity contribution in [1.29, 1.82) is 0 Å². The molecule has 0 saturated carbocycles. The lowest BCUT2D eigenvalue weighted by atomic mass is 10.1. The lowest BCUT2D eigenvalue weighted by Crippen LogP contribution is -2.38. The Morgan fingerprint density at radius 2 is 2.06 bits per heavy atom. The van der Waals surface area contributed by atoms with E-state index in [1.54, 1.807) is 6.92 Å². The number of nitrogens with zero attached hydrogens (tertiary/aromatic N) is 1. The Kier molecular flexibility index (Phi) is 4.72. The molecule has 0 fully saturated rings. The van der Waals surface area contributed by atoms with Crippen LogP contribution in [0.15, 0.2) is 12.1 Å². The van der Waals surface area contributed by atoms with Crippen molar-refractivity contribution in [1.82, 2.24) is 4.90 Å². The second-order valence-electron chi connectivity index (χ2n) is 3.84. The quantitative estimate of drug-likeness (QED) is 0.853. The number of benzene rings is 1. The smallest absolute Gasteiger partial charge is 0.260 e. The highest BCUT2D eigenvalue weighted by Crippen LogP contribution is 2.18. The van der Waals surface area contributed by atoms with E-state index in [2.05, 4.69) is 0 Å². The molecule has 0 aliphatic rings. The number of thiocarbonyl (C=S) groups is 1. The Bertz CT molecular complexity index is 491. The van der Waals surface area contributed by atoms with Crippen LogP contribution in [0.3, 0.4) is 0 Å². The van der Waals surface area contributed by atoms with E-state index in [1.807, 2.05) is 0 Å². The largest absolute Gasteiger partial charge is 0.392 e. The summed E-state index contributed by atoms with van der Waals surface area (Å²) in [6, 6.07) is 2.35. The number of halogens is 2. The molecule has 2 N–H and O–H groups in total. The first-order valence-electron chi connectivity index (χ1n) is 5.40. The number of likely N-dealkylation sites (N-methyl/N-ethyl adjacent to an activating group) is 1. The first-order chi connectivity index (χ1) is 8.38. The van der Waals surface area contributed by atoms with Gasteiger partial charge in [-0.3, -0.25) is 4.79 Å². The zero-order valence-electron chi connectivity index (χ0n) is 10.2. The summed E-state index contributed by atoms with van der Waals surface area (Å²) in [5.74, 6) is -2.48. The first-order valence-corrected chi connectivity index (χ1v) is 5.81.